The summed E-state index contributed by atoms with van der Waals surface area (Å²) in [5.74, 6) is -2.18. The van der Waals surface area contributed by atoms with Crippen LogP contribution in [-0.2, 0) is 38.1 Å². The first-order valence-corrected chi connectivity index (χ1v) is 12.6. The first kappa shape index (κ1) is 30.8. The van der Waals surface area contributed by atoms with Gasteiger partial charge in [0.25, 0.3) is 0 Å². The Kier molecular flexibility index (Phi) is 12.5. The van der Waals surface area contributed by atoms with Crippen LogP contribution in [0.4, 0.5) is 0 Å². The summed E-state index contributed by atoms with van der Waals surface area (Å²) in [6.07, 6.45) is 1.97. The van der Waals surface area contributed by atoms with E-state index in [0.717, 1.165) is 35.7 Å². The van der Waals surface area contributed by atoms with Crippen molar-refractivity contribution < 1.29 is 47.6 Å². The van der Waals surface area contributed by atoms with Crippen LogP contribution >= 0.6 is 23.5 Å². The molecule has 1 aromatic rings. The summed E-state index contributed by atoms with van der Waals surface area (Å²) in [5.41, 5.74) is 0.406. The third kappa shape index (κ3) is 9.45. The Morgan fingerprint density at radius 1 is 0.821 bits per heavy atom. The summed E-state index contributed by atoms with van der Waals surface area (Å²) in [7, 11) is 0. The molecular weight excluding hydrogens is 552 g/mol. The molecule has 0 unspecified atom stereocenters. The van der Waals surface area contributed by atoms with Crippen LogP contribution in [0, 0.1) is 29.6 Å². The fourth-order valence-electron chi connectivity index (χ4n) is 2.69. The van der Waals surface area contributed by atoms with E-state index in [0.29, 0.717) is 25.3 Å². The van der Waals surface area contributed by atoms with Gasteiger partial charge in [-0.2, -0.15) is 10.5 Å². The first-order chi connectivity index (χ1) is 18.7. The molecule has 12 nitrogen and oxygen atoms in total. The van der Waals surface area contributed by atoms with Gasteiger partial charge < -0.3 is 28.4 Å². The van der Waals surface area contributed by atoms with Crippen molar-refractivity contribution in [2.45, 2.75) is 16.7 Å². The number of fused-ring (bicyclic) bond motifs is 1. The molecule has 1 aliphatic rings. The van der Waals surface area contributed by atoms with Crippen LogP contribution in [0.25, 0.3) is 0 Å². The number of aryl methyl sites for hydroxylation is 1. The van der Waals surface area contributed by atoms with Crippen molar-refractivity contribution >= 4 is 47.4 Å². The van der Waals surface area contributed by atoms with E-state index in [1.165, 1.54) is 0 Å². The second-order valence-electron chi connectivity index (χ2n) is 7.03. The van der Waals surface area contributed by atoms with Crippen molar-refractivity contribution in [2.24, 2.45) is 0 Å². The number of hydrogen-bond donors (Lipinski definition) is 0. The van der Waals surface area contributed by atoms with Crippen molar-refractivity contribution in [3.8, 4) is 23.6 Å². The zero-order valence-corrected chi connectivity index (χ0v) is 22.3. The maximum Gasteiger partial charge on any atom is 0.344 e. The average molecular weight is 575 g/mol. The van der Waals surface area contributed by atoms with Crippen LogP contribution < -0.4 is 9.47 Å². The third-order valence-corrected chi connectivity index (χ3v) is 6.97. The van der Waals surface area contributed by atoms with Crippen LogP contribution in [0.3, 0.4) is 0 Å². The SMILES string of the molecule is C=CC(=O)OCCOC(=O)COc1cc(C)c(OCC(=O)OCCOC(=O)C=C)c2c1SC(=C(C#N)C#N)S2. The van der Waals surface area contributed by atoms with E-state index in [4.69, 9.17) is 28.4 Å². The molecule has 0 radical (unpaired) electrons. The standard InChI is InChI=1S/C25H22N2O10S2/c1-4-18(28)32-6-8-34-20(30)13-36-17-10-15(3)22(24-23(17)38-25(39-24)16(11-26)12-27)37-14-21(31)35-9-7-33-19(29)5-2/h4-5,10H,1-2,6-9,13-14H2,3H3. The van der Waals surface area contributed by atoms with Crippen LogP contribution in [-0.4, -0.2) is 63.5 Å². The molecule has 14 heteroatoms. The lowest BCUT2D eigenvalue weighted by atomic mass is 10.2. The third-order valence-electron chi connectivity index (χ3n) is 4.35. The molecule has 0 fully saturated rings. The minimum Gasteiger partial charge on any atom is -0.481 e. The number of allylic oxidation sites excluding steroid dienone is 1. The molecule has 39 heavy (non-hydrogen) atoms. The van der Waals surface area contributed by atoms with Gasteiger partial charge >= 0.3 is 23.9 Å². The Labute approximate surface area is 232 Å². The number of esters is 4. The lowest BCUT2D eigenvalue weighted by Gasteiger charge is -2.16. The van der Waals surface area contributed by atoms with Gasteiger partial charge in [-0.05, 0) is 18.6 Å². The summed E-state index contributed by atoms with van der Waals surface area (Å²) in [6.45, 7) is 6.59. The van der Waals surface area contributed by atoms with Crippen LogP contribution in [0.15, 0.2) is 51.0 Å². The van der Waals surface area contributed by atoms with Gasteiger partial charge in [0.2, 0.25) is 0 Å². The minimum absolute atomic E-state index is 0.127. The van der Waals surface area contributed by atoms with Gasteiger partial charge in [0, 0.05) is 12.2 Å². The highest BCUT2D eigenvalue weighted by Gasteiger charge is 2.30. The number of nitriles is 2. The number of carbonyl (C=O) groups is 4. The molecule has 0 aromatic heterocycles. The number of benzene rings is 1. The molecule has 204 valence electrons. The van der Waals surface area contributed by atoms with Crippen molar-refractivity contribution in [2.75, 3.05) is 39.6 Å². The zero-order chi connectivity index (χ0) is 28.8. The number of rotatable bonds is 14. The fraction of sp³-hybridized carbons (Fsp3) is 0.280. The Morgan fingerprint density at radius 2 is 1.31 bits per heavy atom. The van der Waals surface area contributed by atoms with Gasteiger partial charge in [-0.15, -0.1) is 0 Å². The second kappa shape index (κ2) is 15.8. The van der Waals surface area contributed by atoms with Gasteiger partial charge in [-0.1, -0.05) is 36.7 Å². The van der Waals surface area contributed by atoms with Crippen LogP contribution in [0.5, 0.6) is 11.5 Å². The van der Waals surface area contributed by atoms with Gasteiger partial charge in [0.15, 0.2) is 13.2 Å². The van der Waals surface area contributed by atoms with E-state index < -0.39 is 37.1 Å². The lowest BCUT2D eigenvalue weighted by Crippen LogP contribution is -2.19. The van der Waals surface area contributed by atoms with E-state index in [1.807, 2.05) is 12.1 Å². The van der Waals surface area contributed by atoms with Gasteiger partial charge in [-0.25, -0.2) is 19.2 Å². The van der Waals surface area contributed by atoms with Gasteiger partial charge in [-0.3, -0.25) is 0 Å². The molecule has 0 spiro atoms. The van der Waals surface area contributed by atoms with Crippen molar-refractivity contribution in [3.05, 3.63) is 46.8 Å². The Balaban J connectivity index is 2.11. The van der Waals surface area contributed by atoms with E-state index in [-0.39, 0.29) is 37.8 Å². The van der Waals surface area contributed by atoms with E-state index >= 15 is 0 Å². The van der Waals surface area contributed by atoms with E-state index in [9.17, 15) is 29.7 Å². The topological polar surface area (TPSA) is 171 Å². The summed E-state index contributed by atoms with van der Waals surface area (Å²) < 4.78 is 31.1. The largest absolute Gasteiger partial charge is 0.481 e. The molecule has 0 saturated carbocycles. The second-order valence-corrected chi connectivity index (χ2v) is 9.33. The summed E-state index contributed by atoms with van der Waals surface area (Å²) in [5, 5.41) is 18.6. The Hall–Kier alpha value is -4.40. The molecule has 0 N–H and O–H groups in total. The number of thioether (sulfide) groups is 2. The molecular formula is C25H22N2O10S2. The number of ether oxygens (including phenoxy) is 6. The predicted molar refractivity (Wildman–Crippen MR) is 136 cm³/mol. The highest BCUT2D eigenvalue weighted by molar-refractivity contribution is 8.24. The number of hydrogen-bond acceptors (Lipinski definition) is 14. The fourth-order valence-corrected chi connectivity index (χ4v) is 5.27. The highest BCUT2D eigenvalue weighted by Crippen LogP contribution is 2.59. The highest BCUT2D eigenvalue weighted by atomic mass is 32.2. The van der Waals surface area contributed by atoms with Crippen molar-refractivity contribution in [1.82, 2.24) is 0 Å². The van der Waals surface area contributed by atoms with E-state index in [1.54, 1.807) is 13.0 Å². The summed E-state index contributed by atoms with van der Waals surface area (Å²) in [4.78, 5) is 47.1. The summed E-state index contributed by atoms with van der Waals surface area (Å²) in [6, 6.07) is 5.23. The molecule has 1 heterocycles. The van der Waals surface area contributed by atoms with Crippen LogP contribution in [0.1, 0.15) is 5.56 Å². The number of nitrogens with zero attached hydrogens (tertiary/aromatic N) is 2. The molecule has 2 rings (SSSR count). The van der Waals surface area contributed by atoms with Crippen LogP contribution in [0.2, 0.25) is 0 Å². The molecule has 0 atom stereocenters. The summed E-state index contributed by atoms with van der Waals surface area (Å²) >= 11 is 2.16. The molecule has 1 aromatic carbocycles. The van der Waals surface area contributed by atoms with Gasteiger partial charge in [0.1, 0.15) is 55.6 Å². The van der Waals surface area contributed by atoms with E-state index in [2.05, 4.69) is 13.2 Å². The Morgan fingerprint density at radius 3 is 1.82 bits per heavy atom. The smallest absolute Gasteiger partial charge is 0.344 e. The molecule has 0 bridgehead atoms. The Bertz CT molecular complexity index is 1260. The van der Waals surface area contributed by atoms with Crippen molar-refractivity contribution in [1.29, 1.82) is 10.5 Å². The maximum atomic E-state index is 12.1. The number of carbonyl (C=O) groups excluding carboxylic acids is 4. The first-order valence-electron chi connectivity index (χ1n) is 11.0. The molecule has 1 aliphatic heterocycles. The monoisotopic (exact) mass is 574 g/mol. The minimum atomic E-state index is -0.723. The molecule has 0 aliphatic carbocycles. The maximum absolute atomic E-state index is 12.1. The lowest BCUT2D eigenvalue weighted by molar-refractivity contribution is -0.151. The predicted octanol–water partition coefficient (Wildman–Crippen LogP) is 2.75. The normalized spacial score (nSPS) is 11.1. The quantitative estimate of drug-likeness (QED) is 0.104. The zero-order valence-electron chi connectivity index (χ0n) is 20.7. The van der Waals surface area contributed by atoms with Crippen molar-refractivity contribution in [3.63, 3.8) is 0 Å². The van der Waals surface area contributed by atoms with Gasteiger partial charge in [0.05, 0.1) is 14.0 Å². The molecule has 0 saturated heterocycles. The molecule has 0 amide bonds. The average Bonchev–Trinajstić information content (AvgIpc) is 3.37.